The number of aromatic nitrogens is 3. The van der Waals surface area contributed by atoms with Crippen molar-refractivity contribution in [1.82, 2.24) is 14.6 Å². The molecule has 280 valence electrons. The third kappa shape index (κ3) is 18.5. The highest BCUT2D eigenvalue weighted by atomic mass is 31.2. The number of nitrogens with zero attached hydrogens (tertiary/aromatic N) is 4. The van der Waals surface area contributed by atoms with Gasteiger partial charge >= 0.3 is 8.60 Å². The molecule has 3 aromatic rings. The Bertz CT molecular complexity index is 1250. The first kappa shape index (κ1) is 43.5. The van der Waals surface area contributed by atoms with Crippen LogP contribution in [-0.4, -0.2) is 57.1 Å². The topological polar surface area (TPSA) is 157 Å². The van der Waals surface area contributed by atoms with E-state index in [4.69, 9.17) is 34.6 Å². The number of hydrogen-bond acceptors (Lipinski definition) is 10. The first-order valence-electron chi connectivity index (χ1n) is 18.6. The summed E-state index contributed by atoms with van der Waals surface area (Å²) in [6, 6.07) is 13.4. The van der Waals surface area contributed by atoms with Gasteiger partial charge in [-0.25, -0.2) is 14.8 Å². The molecule has 0 radical (unpaired) electrons. The minimum absolute atomic E-state index is 0.0897. The molecule has 1 fully saturated rings. The Morgan fingerprint density at radius 2 is 1.46 bits per heavy atom. The molecule has 3 unspecified atom stereocenters. The number of ether oxygens (including phenoxy) is 2. The Hall–Kier alpha value is -2.68. The number of nitrogens with two attached hydrogens (primary N) is 1. The van der Waals surface area contributed by atoms with Crippen molar-refractivity contribution < 1.29 is 28.5 Å². The van der Waals surface area contributed by atoms with E-state index in [-0.39, 0.29) is 18.8 Å². The van der Waals surface area contributed by atoms with E-state index in [2.05, 4.69) is 23.6 Å². The van der Waals surface area contributed by atoms with Crippen LogP contribution in [0.25, 0.3) is 5.52 Å². The van der Waals surface area contributed by atoms with Crippen LogP contribution in [0.1, 0.15) is 133 Å². The quantitative estimate of drug-likeness (QED) is 0.0571. The highest BCUT2D eigenvalue weighted by molar-refractivity contribution is 7.40. The van der Waals surface area contributed by atoms with Crippen molar-refractivity contribution in [3.63, 3.8) is 0 Å². The standard InChI is InChI=1S/C30H53N4O5P.C7H8O.CHN/c1-2-3-4-5-6-7-8-9-10-11-12-13-14-15-21-36-22-16-23-37-40(35)38-24-26-17-20-29(39-26)27-18-19-28-30(31)32-25-33-34(27)28;8-6-7-4-2-1-3-5-7;1-2/h18-19,25-26,29,35H,2-17,20-24H2,1H3,(H2,31,32,33);1-5,8H,6H2;1H. The van der Waals surface area contributed by atoms with Gasteiger partial charge in [0.1, 0.15) is 17.9 Å². The van der Waals surface area contributed by atoms with Gasteiger partial charge in [0, 0.05) is 19.8 Å². The molecule has 11 nitrogen and oxygen atoms in total. The van der Waals surface area contributed by atoms with Crippen LogP contribution in [-0.2, 0) is 25.1 Å². The van der Waals surface area contributed by atoms with Crippen LogP contribution >= 0.6 is 8.60 Å². The van der Waals surface area contributed by atoms with Gasteiger partial charge in [0.2, 0.25) is 0 Å². The summed E-state index contributed by atoms with van der Waals surface area (Å²) in [7, 11) is -1.91. The third-order valence-corrected chi connectivity index (χ3v) is 9.40. The molecule has 2 aromatic heterocycles. The number of fused-ring (bicyclic) bond motifs is 1. The zero-order chi connectivity index (χ0) is 36.1. The lowest BCUT2D eigenvalue weighted by Crippen LogP contribution is -2.14. The number of rotatable bonds is 25. The van der Waals surface area contributed by atoms with Gasteiger partial charge in [-0.15, -0.1) is 0 Å². The van der Waals surface area contributed by atoms with Gasteiger partial charge in [0.05, 0.1) is 31.6 Å². The van der Waals surface area contributed by atoms with Crippen molar-refractivity contribution in [2.24, 2.45) is 0 Å². The minimum atomic E-state index is -1.91. The van der Waals surface area contributed by atoms with E-state index < -0.39 is 8.60 Å². The van der Waals surface area contributed by atoms with E-state index in [0.717, 1.165) is 49.1 Å². The van der Waals surface area contributed by atoms with Crippen LogP contribution in [0.3, 0.4) is 0 Å². The monoisotopic (exact) mass is 715 g/mol. The Labute approximate surface area is 301 Å². The molecule has 4 rings (SSSR count). The van der Waals surface area contributed by atoms with Gasteiger partial charge < -0.3 is 34.3 Å². The molecule has 1 aliphatic rings. The molecule has 1 saturated heterocycles. The molecular formula is C38H62N5O6P. The zero-order valence-corrected chi connectivity index (χ0v) is 31.1. The minimum Gasteiger partial charge on any atom is -0.392 e. The van der Waals surface area contributed by atoms with Crippen LogP contribution in [0.2, 0.25) is 0 Å². The molecule has 12 heteroatoms. The number of anilines is 1. The number of unbranched alkanes of at least 4 members (excludes halogenated alkanes) is 13. The lowest BCUT2D eigenvalue weighted by Gasteiger charge is -2.16. The van der Waals surface area contributed by atoms with Gasteiger partial charge in [0.25, 0.3) is 0 Å². The summed E-state index contributed by atoms with van der Waals surface area (Å²) in [5.41, 5.74) is 8.61. The fraction of sp³-hybridized carbons (Fsp3) is 0.658. The maximum Gasteiger partial charge on any atom is 0.329 e. The SMILES string of the molecule is C#N.CCCCCCCCCCCCCCCCOCCCOP(O)OCC1CCC(c2ccc3c(N)ncnn23)O1.OCc1ccccc1. The summed E-state index contributed by atoms with van der Waals surface area (Å²) < 4.78 is 24.6. The van der Waals surface area contributed by atoms with Crippen LogP contribution in [0.15, 0.2) is 48.8 Å². The predicted molar refractivity (Wildman–Crippen MR) is 200 cm³/mol. The summed E-state index contributed by atoms with van der Waals surface area (Å²) in [5.74, 6) is 0.447. The molecule has 0 spiro atoms. The summed E-state index contributed by atoms with van der Waals surface area (Å²) in [4.78, 5) is 14.1. The van der Waals surface area contributed by atoms with Crippen LogP contribution in [0, 0.1) is 11.8 Å². The number of aliphatic hydroxyl groups excluding tert-OH is 1. The van der Waals surface area contributed by atoms with Crippen LogP contribution < -0.4 is 5.73 Å². The summed E-state index contributed by atoms with van der Waals surface area (Å²) >= 11 is 0. The van der Waals surface area contributed by atoms with Gasteiger partial charge in [0.15, 0.2) is 5.82 Å². The largest absolute Gasteiger partial charge is 0.392 e. The zero-order valence-electron chi connectivity index (χ0n) is 30.2. The van der Waals surface area contributed by atoms with Gasteiger partial charge in [-0.3, -0.25) is 0 Å². The second-order valence-electron chi connectivity index (χ2n) is 12.6. The molecule has 0 saturated carbocycles. The van der Waals surface area contributed by atoms with Crippen LogP contribution in [0.4, 0.5) is 5.82 Å². The normalized spacial score (nSPS) is 16.0. The predicted octanol–water partition coefficient (Wildman–Crippen LogP) is 8.99. The van der Waals surface area contributed by atoms with E-state index >= 15 is 0 Å². The Balaban J connectivity index is 0.000000750. The van der Waals surface area contributed by atoms with Crippen molar-refractivity contribution in [2.45, 2.75) is 135 Å². The second-order valence-corrected chi connectivity index (χ2v) is 13.6. The molecule has 3 atom stereocenters. The Morgan fingerprint density at radius 3 is 2.08 bits per heavy atom. The summed E-state index contributed by atoms with van der Waals surface area (Å²) in [5, 5.41) is 19.3. The van der Waals surface area contributed by atoms with Crippen molar-refractivity contribution >= 4 is 19.9 Å². The van der Waals surface area contributed by atoms with E-state index in [1.54, 1.807) is 4.52 Å². The maximum absolute atomic E-state index is 10.1. The number of benzene rings is 1. The van der Waals surface area contributed by atoms with Gasteiger partial charge in [-0.2, -0.15) is 5.10 Å². The molecule has 1 aromatic carbocycles. The van der Waals surface area contributed by atoms with Crippen molar-refractivity contribution in [2.75, 3.05) is 32.2 Å². The van der Waals surface area contributed by atoms with E-state index in [1.165, 1.54) is 89.8 Å². The van der Waals surface area contributed by atoms with Gasteiger partial charge in [-0.1, -0.05) is 121 Å². The Morgan fingerprint density at radius 1 is 0.840 bits per heavy atom. The molecule has 3 heterocycles. The lowest BCUT2D eigenvalue weighted by atomic mass is 10.0. The molecular weight excluding hydrogens is 653 g/mol. The van der Waals surface area contributed by atoms with Crippen molar-refractivity contribution in [3.05, 3.63) is 60.0 Å². The van der Waals surface area contributed by atoms with Crippen molar-refractivity contribution in [1.29, 1.82) is 5.26 Å². The molecule has 1 aliphatic heterocycles. The molecule has 50 heavy (non-hydrogen) atoms. The fourth-order valence-corrected chi connectivity index (χ4v) is 6.49. The summed E-state index contributed by atoms with van der Waals surface area (Å²) in [6.45, 7) is 8.09. The molecule has 0 bridgehead atoms. The second kappa shape index (κ2) is 29.0. The Kier molecular flexibility index (Phi) is 25.2. The number of nitriles is 1. The average molecular weight is 716 g/mol. The van der Waals surface area contributed by atoms with E-state index in [9.17, 15) is 4.89 Å². The first-order valence-corrected chi connectivity index (χ1v) is 19.7. The first-order chi connectivity index (χ1) is 24.6. The van der Waals surface area contributed by atoms with E-state index in [0.29, 0.717) is 25.6 Å². The highest BCUT2D eigenvalue weighted by Gasteiger charge is 2.30. The van der Waals surface area contributed by atoms with E-state index in [1.807, 2.05) is 42.5 Å². The van der Waals surface area contributed by atoms with Crippen molar-refractivity contribution in [3.8, 4) is 6.57 Å². The fourth-order valence-electron chi connectivity index (χ4n) is 5.83. The number of hydrogen-bond donors (Lipinski definition) is 3. The lowest BCUT2D eigenvalue weighted by molar-refractivity contribution is 0.00993. The van der Waals surface area contributed by atoms with Gasteiger partial charge in [-0.05, 0) is 43.4 Å². The molecule has 0 aliphatic carbocycles. The third-order valence-electron chi connectivity index (χ3n) is 8.62. The number of aliphatic hydroxyl groups is 1. The smallest absolute Gasteiger partial charge is 0.329 e. The number of nitrogen functional groups attached to an aromatic ring is 1. The molecule has 0 amide bonds. The average Bonchev–Trinajstić information content (AvgIpc) is 3.81. The molecule has 4 N–H and O–H groups in total. The maximum atomic E-state index is 10.1. The summed E-state index contributed by atoms with van der Waals surface area (Å²) in [6.07, 6.45) is 22.8. The van der Waals surface area contributed by atoms with Crippen LogP contribution in [0.5, 0.6) is 0 Å². The highest BCUT2D eigenvalue weighted by Crippen LogP contribution is 2.38.